The minimum atomic E-state index is -0.300. The number of hydrogen-bond donors (Lipinski definition) is 1. The lowest BCUT2D eigenvalue weighted by Crippen LogP contribution is -2.39. The molecule has 1 N–H and O–H groups in total. The van der Waals surface area contributed by atoms with Crippen LogP contribution in [0.5, 0.6) is 0 Å². The molecule has 0 spiro atoms. The molecule has 4 atom stereocenters. The second-order valence-electron chi connectivity index (χ2n) is 3.97. The summed E-state index contributed by atoms with van der Waals surface area (Å²) < 4.78 is 10.8. The number of hydrogen-bond acceptors (Lipinski definition) is 3. The number of allylic oxidation sites excluding steroid dienone is 1. The average molecular weight is 200 g/mol. The summed E-state index contributed by atoms with van der Waals surface area (Å²) in [6.07, 6.45) is 3.61. The van der Waals surface area contributed by atoms with Gasteiger partial charge in [0.15, 0.2) is 6.29 Å². The van der Waals surface area contributed by atoms with Gasteiger partial charge in [0.1, 0.15) is 0 Å². The molecule has 82 valence electrons. The minimum Gasteiger partial charge on any atom is -0.393 e. The maximum absolute atomic E-state index is 9.61. The topological polar surface area (TPSA) is 38.7 Å². The van der Waals surface area contributed by atoms with Crippen molar-refractivity contribution in [2.45, 2.75) is 44.7 Å². The molecule has 0 aromatic carbocycles. The van der Waals surface area contributed by atoms with Gasteiger partial charge in [0.2, 0.25) is 0 Å². The van der Waals surface area contributed by atoms with Crippen LogP contribution in [0.3, 0.4) is 0 Å². The lowest BCUT2D eigenvalue weighted by Gasteiger charge is -2.35. The van der Waals surface area contributed by atoms with Crippen LogP contribution in [0, 0.1) is 5.92 Å². The Kier molecular flexibility index (Phi) is 4.58. The van der Waals surface area contributed by atoms with Crippen molar-refractivity contribution >= 4 is 0 Å². The largest absolute Gasteiger partial charge is 0.393 e. The van der Waals surface area contributed by atoms with E-state index < -0.39 is 0 Å². The van der Waals surface area contributed by atoms with Gasteiger partial charge in [0.05, 0.1) is 12.2 Å². The highest BCUT2D eigenvalue weighted by Crippen LogP contribution is 2.26. The Morgan fingerprint density at radius 1 is 1.64 bits per heavy atom. The molecule has 1 unspecified atom stereocenters. The van der Waals surface area contributed by atoms with Gasteiger partial charge in [-0.15, -0.1) is 6.58 Å². The van der Waals surface area contributed by atoms with Crippen molar-refractivity contribution in [3.8, 4) is 0 Å². The molecule has 1 fully saturated rings. The maximum atomic E-state index is 9.61. The lowest BCUT2D eigenvalue weighted by atomic mass is 9.93. The van der Waals surface area contributed by atoms with Gasteiger partial charge < -0.3 is 14.6 Å². The Balaban J connectivity index is 2.47. The second-order valence-corrected chi connectivity index (χ2v) is 3.97. The van der Waals surface area contributed by atoms with Crippen LogP contribution in [-0.2, 0) is 9.47 Å². The van der Waals surface area contributed by atoms with Crippen LogP contribution in [-0.4, -0.2) is 30.7 Å². The molecule has 1 aliphatic heterocycles. The number of rotatable bonds is 4. The first-order valence-corrected chi connectivity index (χ1v) is 5.14. The zero-order valence-corrected chi connectivity index (χ0v) is 8.98. The van der Waals surface area contributed by atoms with E-state index in [1.54, 1.807) is 7.11 Å². The molecule has 14 heavy (non-hydrogen) atoms. The normalized spacial score (nSPS) is 35.2. The van der Waals surface area contributed by atoms with Gasteiger partial charge in [0.25, 0.3) is 0 Å². The summed E-state index contributed by atoms with van der Waals surface area (Å²) >= 11 is 0. The summed E-state index contributed by atoms with van der Waals surface area (Å²) in [5.41, 5.74) is 0. The summed E-state index contributed by atoms with van der Waals surface area (Å²) in [6.45, 7) is 5.81. The van der Waals surface area contributed by atoms with Gasteiger partial charge >= 0.3 is 0 Å². The third kappa shape index (κ3) is 3.08. The van der Waals surface area contributed by atoms with E-state index in [1.165, 1.54) is 0 Å². The van der Waals surface area contributed by atoms with Gasteiger partial charge in [-0.1, -0.05) is 13.0 Å². The molecule has 1 rings (SSSR count). The molecule has 3 nitrogen and oxygen atoms in total. The highest BCUT2D eigenvalue weighted by molar-refractivity contribution is 4.81. The molecule has 1 saturated heterocycles. The van der Waals surface area contributed by atoms with E-state index in [4.69, 9.17) is 9.47 Å². The van der Waals surface area contributed by atoms with Gasteiger partial charge in [-0.3, -0.25) is 0 Å². The third-order valence-corrected chi connectivity index (χ3v) is 2.73. The maximum Gasteiger partial charge on any atom is 0.160 e. The van der Waals surface area contributed by atoms with Crippen LogP contribution < -0.4 is 0 Å². The first kappa shape index (κ1) is 11.7. The van der Waals surface area contributed by atoms with E-state index in [0.29, 0.717) is 18.8 Å². The lowest BCUT2D eigenvalue weighted by molar-refractivity contribution is -0.213. The Bertz CT molecular complexity index is 181. The minimum absolute atomic E-state index is 0.0849. The molecule has 1 aliphatic rings. The van der Waals surface area contributed by atoms with Crippen molar-refractivity contribution in [1.29, 1.82) is 0 Å². The van der Waals surface area contributed by atoms with Crippen LogP contribution in [0.2, 0.25) is 0 Å². The molecule has 0 aromatic heterocycles. The van der Waals surface area contributed by atoms with Crippen molar-refractivity contribution in [3.63, 3.8) is 0 Å². The molecule has 0 bridgehead atoms. The molecule has 0 amide bonds. The fourth-order valence-electron chi connectivity index (χ4n) is 1.83. The van der Waals surface area contributed by atoms with Crippen molar-refractivity contribution in [1.82, 2.24) is 0 Å². The van der Waals surface area contributed by atoms with Crippen molar-refractivity contribution < 1.29 is 14.6 Å². The molecular formula is C11H20O3. The van der Waals surface area contributed by atoms with E-state index in [2.05, 4.69) is 13.5 Å². The molecule has 3 heteroatoms. The van der Waals surface area contributed by atoms with E-state index >= 15 is 0 Å². The predicted octanol–water partition coefficient (Wildman–Crippen LogP) is 1.71. The molecular weight excluding hydrogens is 180 g/mol. The fraction of sp³-hybridized carbons (Fsp3) is 0.818. The molecule has 0 saturated carbocycles. The van der Waals surface area contributed by atoms with Gasteiger partial charge in [0, 0.05) is 20.0 Å². The highest BCUT2D eigenvalue weighted by Gasteiger charge is 2.30. The Morgan fingerprint density at radius 2 is 2.36 bits per heavy atom. The van der Waals surface area contributed by atoms with Crippen LogP contribution in [0.4, 0.5) is 0 Å². The van der Waals surface area contributed by atoms with Gasteiger partial charge in [-0.05, 0) is 12.3 Å². The summed E-state index contributed by atoms with van der Waals surface area (Å²) in [5.74, 6) is 0.389. The Hall–Kier alpha value is -0.380. The highest BCUT2D eigenvalue weighted by atomic mass is 16.7. The molecule has 0 aromatic rings. The van der Waals surface area contributed by atoms with Crippen molar-refractivity contribution in [2.75, 3.05) is 7.11 Å². The SMILES string of the molecule is C=CC[C@H](C)[C@H]1C[C@H](O)CC(OC)O1. The average Bonchev–Trinajstić information content (AvgIpc) is 2.17. The van der Waals surface area contributed by atoms with Crippen LogP contribution >= 0.6 is 0 Å². The Labute approximate surface area is 85.7 Å². The standard InChI is InChI=1S/C11H20O3/c1-4-5-8(2)10-6-9(12)7-11(13-3)14-10/h4,8-12H,1,5-7H2,2-3H3/t8-,9-,10+,11?/m0/s1. The predicted molar refractivity (Wildman–Crippen MR) is 54.9 cm³/mol. The van der Waals surface area contributed by atoms with Gasteiger partial charge in [-0.2, -0.15) is 0 Å². The first-order chi connectivity index (χ1) is 6.67. The van der Waals surface area contributed by atoms with E-state index in [9.17, 15) is 5.11 Å². The second kappa shape index (κ2) is 5.49. The smallest absolute Gasteiger partial charge is 0.160 e. The molecule has 1 heterocycles. The monoisotopic (exact) mass is 200 g/mol. The van der Waals surface area contributed by atoms with Crippen LogP contribution in [0.1, 0.15) is 26.2 Å². The van der Waals surface area contributed by atoms with E-state index in [0.717, 1.165) is 6.42 Å². The fourth-order valence-corrected chi connectivity index (χ4v) is 1.83. The van der Waals surface area contributed by atoms with E-state index in [1.807, 2.05) is 6.08 Å². The summed E-state index contributed by atoms with van der Waals surface area (Å²) in [6, 6.07) is 0. The summed E-state index contributed by atoms with van der Waals surface area (Å²) in [4.78, 5) is 0. The zero-order chi connectivity index (χ0) is 10.6. The number of aliphatic hydroxyl groups is 1. The molecule has 0 radical (unpaired) electrons. The number of ether oxygens (including phenoxy) is 2. The number of aliphatic hydroxyl groups excluding tert-OH is 1. The number of methoxy groups -OCH3 is 1. The summed E-state index contributed by atoms with van der Waals surface area (Å²) in [7, 11) is 1.61. The van der Waals surface area contributed by atoms with Crippen LogP contribution in [0.15, 0.2) is 12.7 Å². The molecule has 0 aliphatic carbocycles. The summed E-state index contributed by atoms with van der Waals surface area (Å²) in [5, 5.41) is 9.61. The third-order valence-electron chi connectivity index (χ3n) is 2.73. The van der Waals surface area contributed by atoms with Crippen molar-refractivity contribution in [3.05, 3.63) is 12.7 Å². The van der Waals surface area contributed by atoms with Crippen LogP contribution in [0.25, 0.3) is 0 Å². The van der Waals surface area contributed by atoms with Crippen molar-refractivity contribution in [2.24, 2.45) is 5.92 Å². The Morgan fingerprint density at radius 3 is 2.93 bits per heavy atom. The van der Waals surface area contributed by atoms with Gasteiger partial charge in [-0.25, -0.2) is 0 Å². The van der Waals surface area contributed by atoms with E-state index in [-0.39, 0.29) is 18.5 Å². The zero-order valence-electron chi connectivity index (χ0n) is 8.98. The quantitative estimate of drug-likeness (QED) is 0.702. The first-order valence-electron chi connectivity index (χ1n) is 5.14.